The van der Waals surface area contributed by atoms with E-state index in [1.165, 1.54) is 21.3 Å². The first-order valence-corrected chi connectivity index (χ1v) is 8.71. The van der Waals surface area contributed by atoms with Crippen molar-refractivity contribution >= 4 is 22.4 Å². The maximum Gasteiger partial charge on any atom is 0.271 e. The number of fused-ring (bicyclic) bond motifs is 1. The van der Waals surface area contributed by atoms with Crippen LogP contribution in [-0.4, -0.2) is 32.9 Å². The Morgan fingerprint density at radius 1 is 0.821 bits per heavy atom. The molecule has 3 aromatic carbocycles. The van der Waals surface area contributed by atoms with Gasteiger partial charge in [0.05, 0.1) is 27.0 Å². The minimum Gasteiger partial charge on any atom is -0.493 e. The third-order valence-corrected chi connectivity index (χ3v) is 4.42. The van der Waals surface area contributed by atoms with Gasteiger partial charge in [0.1, 0.15) is 0 Å². The molecule has 6 nitrogen and oxygen atoms in total. The summed E-state index contributed by atoms with van der Waals surface area (Å²) in [5, 5.41) is 6.50. The molecular formula is C22H22N2O4. The van der Waals surface area contributed by atoms with Crippen molar-refractivity contribution in [2.45, 2.75) is 6.92 Å². The summed E-state index contributed by atoms with van der Waals surface area (Å²) in [7, 11) is 4.51. The predicted molar refractivity (Wildman–Crippen MR) is 110 cm³/mol. The normalized spacial score (nSPS) is 11.2. The Morgan fingerprint density at radius 2 is 1.46 bits per heavy atom. The maximum absolute atomic E-state index is 12.6. The molecule has 0 aromatic heterocycles. The second kappa shape index (κ2) is 8.43. The Kier molecular flexibility index (Phi) is 5.79. The third kappa shape index (κ3) is 3.91. The number of benzene rings is 3. The molecule has 0 fully saturated rings. The van der Waals surface area contributed by atoms with Crippen molar-refractivity contribution in [2.75, 3.05) is 21.3 Å². The van der Waals surface area contributed by atoms with Crippen LogP contribution in [0.3, 0.4) is 0 Å². The van der Waals surface area contributed by atoms with Crippen molar-refractivity contribution in [1.82, 2.24) is 5.43 Å². The standard InChI is InChI=1S/C22H22N2O4/c1-14(16-10-9-15-7-5-6-8-17(15)11-16)23-24-22(25)18-12-19(26-2)21(28-4)20(13-18)27-3/h5-13H,1-4H3,(H,24,25)/b23-14+. The molecule has 0 unspecified atom stereocenters. The summed E-state index contributed by atoms with van der Waals surface area (Å²) < 4.78 is 15.8. The van der Waals surface area contributed by atoms with Gasteiger partial charge in [0.25, 0.3) is 5.91 Å². The quantitative estimate of drug-likeness (QED) is 0.520. The van der Waals surface area contributed by atoms with Crippen molar-refractivity contribution in [3.05, 3.63) is 65.7 Å². The van der Waals surface area contributed by atoms with E-state index in [-0.39, 0.29) is 5.91 Å². The Bertz CT molecular complexity index is 1020. The van der Waals surface area contributed by atoms with Crippen molar-refractivity contribution in [2.24, 2.45) is 5.10 Å². The molecule has 1 amide bonds. The lowest BCUT2D eigenvalue weighted by molar-refractivity contribution is 0.0954. The van der Waals surface area contributed by atoms with E-state index in [0.717, 1.165) is 16.3 Å². The van der Waals surface area contributed by atoms with Crippen LogP contribution in [-0.2, 0) is 0 Å². The molecule has 3 rings (SSSR count). The number of carbonyl (C=O) groups is 1. The molecular weight excluding hydrogens is 356 g/mol. The molecule has 0 aliphatic rings. The molecule has 0 atom stereocenters. The van der Waals surface area contributed by atoms with Crippen LogP contribution in [0.25, 0.3) is 10.8 Å². The lowest BCUT2D eigenvalue weighted by Crippen LogP contribution is -2.19. The number of hydrazone groups is 1. The minimum absolute atomic E-state index is 0.351. The Morgan fingerprint density at radius 3 is 2.07 bits per heavy atom. The van der Waals surface area contributed by atoms with Gasteiger partial charge in [-0.3, -0.25) is 4.79 Å². The topological polar surface area (TPSA) is 69.2 Å². The number of methoxy groups -OCH3 is 3. The number of hydrogen-bond acceptors (Lipinski definition) is 5. The second-order valence-electron chi connectivity index (χ2n) is 6.11. The first kappa shape index (κ1) is 19.2. The maximum atomic E-state index is 12.6. The fraction of sp³-hybridized carbons (Fsp3) is 0.182. The van der Waals surface area contributed by atoms with E-state index in [1.54, 1.807) is 12.1 Å². The highest BCUT2D eigenvalue weighted by molar-refractivity contribution is 6.03. The van der Waals surface area contributed by atoms with Gasteiger partial charge in [-0.25, -0.2) is 5.43 Å². The van der Waals surface area contributed by atoms with Gasteiger partial charge in [-0.05, 0) is 41.5 Å². The fourth-order valence-electron chi connectivity index (χ4n) is 2.89. The molecule has 0 heterocycles. The predicted octanol–water partition coefficient (Wildman–Crippen LogP) is 4.02. The Labute approximate surface area is 163 Å². The largest absolute Gasteiger partial charge is 0.493 e. The second-order valence-corrected chi connectivity index (χ2v) is 6.11. The minimum atomic E-state index is -0.376. The average Bonchev–Trinajstić information content (AvgIpc) is 2.75. The molecule has 6 heteroatoms. The van der Waals surface area contributed by atoms with Crippen molar-refractivity contribution in [1.29, 1.82) is 0 Å². The van der Waals surface area contributed by atoms with Crippen molar-refractivity contribution < 1.29 is 19.0 Å². The molecule has 0 saturated carbocycles. The average molecular weight is 378 g/mol. The zero-order chi connectivity index (χ0) is 20.1. The highest BCUT2D eigenvalue weighted by atomic mass is 16.5. The van der Waals surface area contributed by atoms with Crippen LogP contribution in [0.4, 0.5) is 0 Å². The number of nitrogens with zero attached hydrogens (tertiary/aromatic N) is 1. The van der Waals surface area contributed by atoms with Crippen LogP contribution < -0.4 is 19.6 Å². The van der Waals surface area contributed by atoms with Gasteiger partial charge in [0.15, 0.2) is 11.5 Å². The number of hydrogen-bond donors (Lipinski definition) is 1. The van der Waals surface area contributed by atoms with Gasteiger partial charge in [-0.1, -0.05) is 36.4 Å². The van der Waals surface area contributed by atoms with Crippen LogP contribution in [0.15, 0.2) is 59.7 Å². The highest BCUT2D eigenvalue weighted by Crippen LogP contribution is 2.38. The Balaban J connectivity index is 1.83. The van der Waals surface area contributed by atoms with Crippen LogP contribution in [0.5, 0.6) is 17.2 Å². The van der Waals surface area contributed by atoms with Crippen LogP contribution in [0, 0.1) is 0 Å². The van der Waals surface area contributed by atoms with E-state index >= 15 is 0 Å². The van der Waals surface area contributed by atoms with Crippen LogP contribution in [0.2, 0.25) is 0 Å². The van der Waals surface area contributed by atoms with E-state index in [1.807, 2.05) is 43.3 Å². The number of rotatable bonds is 6. The molecule has 0 bridgehead atoms. The van der Waals surface area contributed by atoms with E-state index in [0.29, 0.717) is 28.5 Å². The molecule has 0 saturated heterocycles. The van der Waals surface area contributed by atoms with Gasteiger partial charge < -0.3 is 14.2 Å². The first-order valence-electron chi connectivity index (χ1n) is 8.71. The smallest absolute Gasteiger partial charge is 0.271 e. The van der Waals surface area contributed by atoms with E-state index < -0.39 is 0 Å². The van der Waals surface area contributed by atoms with E-state index in [2.05, 4.69) is 16.6 Å². The van der Waals surface area contributed by atoms with Crippen LogP contribution >= 0.6 is 0 Å². The van der Waals surface area contributed by atoms with Gasteiger partial charge in [-0.2, -0.15) is 5.10 Å². The molecule has 1 N–H and O–H groups in total. The summed E-state index contributed by atoms with van der Waals surface area (Å²) in [6, 6.07) is 17.3. The summed E-state index contributed by atoms with van der Waals surface area (Å²) in [4.78, 5) is 12.6. The van der Waals surface area contributed by atoms with E-state index in [9.17, 15) is 4.79 Å². The first-order chi connectivity index (χ1) is 13.6. The zero-order valence-corrected chi connectivity index (χ0v) is 16.3. The molecule has 144 valence electrons. The van der Waals surface area contributed by atoms with Gasteiger partial charge >= 0.3 is 0 Å². The van der Waals surface area contributed by atoms with Gasteiger partial charge in [-0.15, -0.1) is 0 Å². The summed E-state index contributed by atoms with van der Waals surface area (Å²) >= 11 is 0. The number of nitrogens with one attached hydrogen (secondary N) is 1. The Hall–Kier alpha value is -3.54. The zero-order valence-electron chi connectivity index (χ0n) is 16.3. The van der Waals surface area contributed by atoms with Gasteiger partial charge in [0, 0.05) is 5.56 Å². The third-order valence-electron chi connectivity index (χ3n) is 4.42. The number of carbonyl (C=O) groups excluding carboxylic acids is 1. The summed E-state index contributed by atoms with van der Waals surface area (Å²) in [6.45, 7) is 1.85. The monoisotopic (exact) mass is 378 g/mol. The molecule has 0 aliphatic carbocycles. The number of amides is 1. The molecule has 28 heavy (non-hydrogen) atoms. The van der Waals surface area contributed by atoms with Gasteiger partial charge in [0.2, 0.25) is 5.75 Å². The van der Waals surface area contributed by atoms with Crippen molar-refractivity contribution in [3.63, 3.8) is 0 Å². The lowest BCUT2D eigenvalue weighted by atomic mass is 10.0. The lowest BCUT2D eigenvalue weighted by Gasteiger charge is -2.13. The highest BCUT2D eigenvalue weighted by Gasteiger charge is 2.16. The molecule has 0 radical (unpaired) electrons. The number of ether oxygens (including phenoxy) is 3. The fourth-order valence-corrected chi connectivity index (χ4v) is 2.89. The molecule has 0 aliphatic heterocycles. The summed E-state index contributed by atoms with van der Waals surface area (Å²) in [5.74, 6) is 0.862. The summed E-state index contributed by atoms with van der Waals surface area (Å²) in [5.41, 5.74) is 4.57. The van der Waals surface area contributed by atoms with Crippen molar-refractivity contribution in [3.8, 4) is 17.2 Å². The summed E-state index contributed by atoms with van der Waals surface area (Å²) in [6.07, 6.45) is 0. The van der Waals surface area contributed by atoms with Crippen LogP contribution in [0.1, 0.15) is 22.8 Å². The molecule has 0 spiro atoms. The van der Waals surface area contributed by atoms with E-state index in [4.69, 9.17) is 14.2 Å². The molecule has 3 aromatic rings. The SMILES string of the molecule is COc1cc(C(=O)N/N=C(\C)c2ccc3ccccc3c2)cc(OC)c1OC.